The molecule has 1 saturated heterocycles. The van der Waals surface area contributed by atoms with Crippen molar-refractivity contribution in [2.75, 3.05) is 13.2 Å². The van der Waals surface area contributed by atoms with Crippen LogP contribution in [0.15, 0.2) is 18.2 Å². The third kappa shape index (κ3) is 3.86. The molecular formula is C13H14BrF3O2. The van der Waals surface area contributed by atoms with E-state index in [0.717, 1.165) is 18.9 Å². The quantitative estimate of drug-likeness (QED) is 0.767. The maximum atomic E-state index is 12.9. The summed E-state index contributed by atoms with van der Waals surface area (Å²) in [5, 5.41) is 0.377. The molecule has 1 aromatic carbocycles. The van der Waals surface area contributed by atoms with Crippen LogP contribution < -0.4 is 4.74 Å². The van der Waals surface area contributed by atoms with Crippen molar-refractivity contribution in [2.45, 2.75) is 30.5 Å². The van der Waals surface area contributed by atoms with Gasteiger partial charge in [0.15, 0.2) is 0 Å². The number of alkyl halides is 4. The van der Waals surface area contributed by atoms with E-state index < -0.39 is 11.7 Å². The third-order valence-corrected chi connectivity index (χ3v) is 3.60. The van der Waals surface area contributed by atoms with Gasteiger partial charge in [-0.2, -0.15) is 13.2 Å². The molecule has 0 saturated carbocycles. The Morgan fingerprint density at radius 2 is 2.16 bits per heavy atom. The average Bonchev–Trinajstić information content (AvgIpc) is 2.88. The number of hydrogen-bond acceptors (Lipinski definition) is 2. The van der Waals surface area contributed by atoms with Crippen LogP contribution >= 0.6 is 15.9 Å². The average molecular weight is 339 g/mol. The zero-order valence-corrected chi connectivity index (χ0v) is 11.8. The van der Waals surface area contributed by atoms with Gasteiger partial charge in [-0.15, -0.1) is 0 Å². The van der Waals surface area contributed by atoms with Gasteiger partial charge < -0.3 is 9.47 Å². The molecule has 0 radical (unpaired) electrons. The minimum Gasteiger partial charge on any atom is -0.490 e. The molecule has 1 atom stereocenters. The van der Waals surface area contributed by atoms with E-state index in [0.29, 0.717) is 17.5 Å². The fourth-order valence-corrected chi connectivity index (χ4v) is 2.31. The zero-order valence-electron chi connectivity index (χ0n) is 10.2. The Morgan fingerprint density at radius 3 is 2.74 bits per heavy atom. The molecule has 106 valence electrons. The Bertz CT molecular complexity index is 428. The van der Waals surface area contributed by atoms with Gasteiger partial charge in [0.1, 0.15) is 12.4 Å². The van der Waals surface area contributed by atoms with Gasteiger partial charge in [0.25, 0.3) is 0 Å². The minimum atomic E-state index is -4.41. The van der Waals surface area contributed by atoms with Crippen molar-refractivity contribution in [1.82, 2.24) is 0 Å². The highest BCUT2D eigenvalue weighted by atomic mass is 79.9. The summed E-state index contributed by atoms with van der Waals surface area (Å²) in [5.41, 5.74) is -0.167. The van der Waals surface area contributed by atoms with Gasteiger partial charge in [-0.3, -0.25) is 0 Å². The summed E-state index contributed by atoms with van der Waals surface area (Å²) in [6.07, 6.45) is -2.75. The normalized spacial score (nSPS) is 19.7. The summed E-state index contributed by atoms with van der Waals surface area (Å²) in [7, 11) is 0. The summed E-state index contributed by atoms with van der Waals surface area (Å²) in [6.45, 7) is 0.819. The molecular weight excluding hydrogens is 325 g/mol. The monoisotopic (exact) mass is 338 g/mol. The predicted molar refractivity (Wildman–Crippen MR) is 68.5 cm³/mol. The van der Waals surface area contributed by atoms with E-state index in [-0.39, 0.29) is 18.5 Å². The second kappa shape index (κ2) is 6.13. The Balaban J connectivity index is 2.13. The molecule has 1 heterocycles. The van der Waals surface area contributed by atoms with E-state index in [9.17, 15) is 13.2 Å². The molecule has 0 spiro atoms. The van der Waals surface area contributed by atoms with Crippen molar-refractivity contribution in [3.63, 3.8) is 0 Å². The topological polar surface area (TPSA) is 18.5 Å². The molecule has 1 unspecified atom stereocenters. The maximum Gasteiger partial charge on any atom is 0.419 e. The molecule has 2 rings (SSSR count). The van der Waals surface area contributed by atoms with Crippen molar-refractivity contribution in [1.29, 1.82) is 0 Å². The molecule has 19 heavy (non-hydrogen) atoms. The Morgan fingerprint density at radius 1 is 1.37 bits per heavy atom. The van der Waals surface area contributed by atoms with Crippen molar-refractivity contribution >= 4 is 15.9 Å². The van der Waals surface area contributed by atoms with Crippen molar-refractivity contribution in [3.8, 4) is 5.75 Å². The first-order valence-corrected chi connectivity index (χ1v) is 7.13. The lowest BCUT2D eigenvalue weighted by Crippen LogP contribution is -2.18. The molecule has 1 aliphatic rings. The van der Waals surface area contributed by atoms with Gasteiger partial charge in [0.2, 0.25) is 0 Å². The minimum absolute atomic E-state index is 0.100. The molecule has 0 bridgehead atoms. The second-order valence-corrected chi connectivity index (χ2v) is 4.97. The van der Waals surface area contributed by atoms with Crippen LogP contribution in [0.25, 0.3) is 0 Å². The molecule has 0 N–H and O–H groups in total. The summed E-state index contributed by atoms with van der Waals surface area (Å²) in [6, 6.07) is 4.10. The molecule has 0 aliphatic carbocycles. The zero-order chi connectivity index (χ0) is 13.9. The van der Waals surface area contributed by atoms with Gasteiger partial charge in [0.05, 0.1) is 11.7 Å². The van der Waals surface area contributed by atoms with Gasteiger partial charge in [-0.25, -0.2) is 0 Å². The van der Waals surface area contributed by atoms with Gasteiger partial charge in [-0.05, 0) is 30.5 Å². The smallest absolute Gasteiger partial charge is 0.419 e. The van der Waals surface area contributed by atoms with Crippen LogP contribution in [0.4, 0.5) is 13.2 Å². The van der Waals surface area contributed by atoms with E-state index in [2.05, 4.69) is 15.9 Å². The van der Waals surface area contributed by atoms with E-state index in [1.165, 1.54) is 6.07 Å². The molecule has 1 fully saturated rings. The fraction of sp³-hybridized carbons (Fsp3) is 0.538. The van der Waals surface area contributed by atoms with Crippen LogP contribution in [-0.2, 0) is 16.2 Å². The number of ether oxygens (including phenoxy) is 2. The van der Waals surface area contributed by atoms with Crippen molar-refractivity contribution in [3.05, 3.63) is 29.3 Å². The molecule has 0 amide bonds. The Hall–Kier alpha value is -0.750. The predicted octanol–water partition coefficient (Wildman–Crippen LogP) is 4.16. The van der Waals surface area contributed by atoms with Crippen LogP contribution in [0.3, 0.4) is 0 Å². The van der Waals surface area contributed by atoms with E-state index in [1.54, 1.807) is 6.07 Å². The summed E-state index contributed by atoms with van der Waals surface area (Å²) < 4.78 is 49.4. The maximum absolute atomic E-state index is 12.9. The Kier molecular flexibility index (Phi) is 4.73. The highest BCUT2D eigenvalue weighted by molar-refractivity contribution is 9.08. The largest absolute Gasteiger partial charge is 0.490 e. The molecule has 1 aromatic rings. The summed E-state index contributed by atoms with van der Waals surface area (Å²) in [5.74, 6) is -0.132. The van der Waals surface area contributed by atoms with Crippen LogP contribution in [-0.4, -0.2) is 19.3 Å². The molecule has 0 aromatic heterocycles. The number of hydrogen-bond donors (Lipinski definition) is 0. The lowest BCUT2D eigenvalue weighted by atomic mass is 10.1. The van der Waals surface area contributed by atoms with E-state index >= 15 is 0 Å². The Labute approximate surface area is 118 Å². The molecule has 6 heteroatoms. The molecule has 2 nitrogen and oxygen atoms in total. The van der Waals surface area contributed by atoms with Gasteiger partial charge in [0, 0.05) is 11.9 Å². The lowest BCUT2D eigenvalue weighted by Gasteiger charge is -2.17. The highest BCUT2D eigenvalue weighted by Crippen LogP contribution is 2.37. The van der Waals surface area contributed by atoms with Crippen molar-refractivity contribution in [2.24, 2.45) is 0 Å². The first-order valence-electron chi connectivity index (χ1n) is 6.01. The van der Waals surface area contributed by atoms with Crippen LogP contribution in [0.5, 0.6) is 5.75 Å². The lowest BCUT2D eigenvalue weighted by molar-refractivity contribution is -0.139. The summed E-state index contributed by atoms with van der Waals surface area (Å²) >= 11 is 3.15. The second-order valence-electron chi connectivity index (χ2n) is 4.41. The van der Waals surface area contributed by atoms with Crippen molar-refractivity contribution < 1.29 is 22.6 Å². The van der Waals surface area contributed by atoms with Gasteiger partial charge in [-0.1, -0.05) is 22.0 Å². The van der Waals surface area contributed by atoms with Crippen LogP contribution in [0.2, 0.25) is 0 Å². The first kappa shape index (κ1) is 14.7. The fourth-order valence-electron chi connectivity index (χ4n) is 1.97. The number of halogens is 4. The van der Waals surface area contributed by atoms with Crippen LogP contribution in [0.1, 0.15) is 24.0 Å². The standard InChI is InChI=1S/C13H14BrF3O2/c14-7-9-3-4-12(11(6-9)13(15,16)17)19-8-10-2-1-5-18-10/h3-4,6,10H,1-2,5,7-8H2. The van der Waals surface area contributed by atoms with Crippen LogP contribution in [0, 0.1) is 0 Å². The number of rotatable bonds is 4. The SMILES string of the molecule is FC(F)(F)c1cc(CBr)ccc1OCC1CCCO1. The highest BCUT2D eigenvalue weighted by Gasteiger charge is 2.35. The number of benzene rings is 1. The third-order valence-electron chi connectivity index (χ3n) is 2.95. The van der Waals surface area contributed by atoms with Gasteiger partial charge >= 0.3 is 6.18 Å². The van der Waals surface area contributed by atoms with E-state index in [1.807, 2.05) is 0 Å². The van der Waals surface area contributed by atoms with E-state index in [4.69, 9.17) is 9.47 Å². The molecule has 1 aliphatic heterocycles. The summed E-state index contributed by atoms with van der Waals surface area (Å²) in [4.78, 5) is 0. The first-order chi connectivity index (χ1) is 9.00.